The maximum atomic E-state index is 12.8. The summed E-state index contributed by atoms with van der Waals surface area (Å²) >= 11 is 0. The van der Waals surface area contributed by atoms with Crippen molar-refractivity contribution < 1.29 is 9.13 Å². The van der Waals surface area contributed by atoms with E-state index in [1.54, 1.807) is 13.2 Å². The molecule has 2 nitrogen and oxygen atoms in total. The van der Waals surface area contributed by atoms with Crippen LogP contribution in [0.3, 0.4) is 0 Å². The fraction of sp³-hybridized carbons (Fsp3) is 0.455. The molecule has 14 heavy (non-hydrogen) atoms. The van der Waals surface area contributed by atoms with Crippen molar-refractivity contribution in [3.63, 3.8) is 0 Å². The number of ether oxygens (including phenoxy) is 1. The summed E-state index contributed by atoms with van der Waals surface area (Å²) in [6.45, 7) is 0.758. The minimum atomic E-state index is -0.253. The molecule has 2 rings (SSSR count). The van der Waals surface area contributed by atoms with Crippen LogP contribution in [-0.4, -0.2) is 13.2 Å². The first-order chi connectivity index (χ1) is 6.79. The van der Waals surface area contributed by atoms with Crippen LogP contribution in [-0.2, 0) is 6.54 Å². The predicted molar refractivity (Wildman–Crippen MR) is 52.8 cm³/mol. The molecule has 1 saturated carbocycles. The third-order valence-electron chi connectivity index (χ3n) is 2.41. The largest absolute Gasteiger partial charge is 0.496 e. The summed E-state index contributed by atoms with van der Waals surface area (Å²) in [6, 6.07) is 5.31. The highest BCUT2D eigenvalue weighted by atomic mass is 19.1. The number of hydrogen-bond donors (Lipinski definition) is 1. The predicted octanol–water partition coefficient (Wildman–Crippen LogP) is 2.09. The van der Waals surface area contributed by atoms with Gasteiger partial charge in [-0.3, -0.25) is 0 Å². The minimum absolute atomic E-state index is 0.253. The zero-order valence-electron chi connectivity index (χ0n) is 8.22. The molecule has 1 aromatic rings. The van der Waals surface area contributed by atoms with Gasteiger partial charge < -0.3 is 10.1 Å². The van der Waals surface area contributed by atoms with Crippen LogP contribution in [0.5, 0.6) is 5.75 Å². The molecule has 1 aliphatic rings. The Morgan fingerprint density at radius 2 is 2.29 bits per heavy atom. The second-order valence-corrected chi connectivity index (χ2v) is 3.61. The maximum Gasteiger partial charge on any atom is 0.126 e. The number of hydrogen-bond acceptors (Lipinski definition) is 2. The van der Waals surface area contributed by atoms with Crippen molar-refractivity contribution in [2.45, 2.75) is 25.4 Å². The molecule has 0 aromatic heterocycles. The number of benzene rings is 1. The lowest BCUT2D eigenvalue weighted by atomic mass is 10.2. The number of methoxy groups -OCH3 is 1. The zero-order chi connectivity index (χ0) is 9.97. The van der Waals surface area contributed by atoms with E-state index in [0.717, 1.165) is 12.1 Å². The maximum absolute atomic E-state index is 12.8. The number of nitrogens with one attached hydrogen (secondary N) is 1. The molecule has 0 spiro atoms. The van der Waals surface area contributed by atoms with Crippen molar-refractivity contribution in [2.24, 2.45) is 0 Å². The molecule has 76 valence electrons. The van der Waals surface area contributed by atoms with Crippen molar-refractivity contribution in [3.8, 4) is 5.75 Å². The van der Waals surface area contributed by atoms with Gasteiger partial charge in [0, 0.05) is 24.2 Å². The number of halogens is 1. The molecular weight excluding hydrogens is 181 g/mol. The third kappa shape index (κ3) is 2.23. The molecule has 0 radical (unpaired) electrons. The molecular formula is C11H14FNO. The van der Waals surface area contributed by atoms with Crippen LogP contribution >= 0.6 is 0 Å². The number of rotatable bonds is 4. The molecule has 0 unspecified atom stereocenters. The summed E-state index contributed by atoms with van der Waals surface area (Å²) in [6.07, 6.45) is 2.51. The Hall–Kier alpha value is -1.09. The molecule has 1 N–H and O–H groups in total. The van der Waals surface area contributed by atoms with Gasteiger partial charge in [0.05, 0.1) is 7.11 Å². The highest BCUT2D eigenvalue weighted by molar-refractivity contribution is 5.33. The molecule has 1 aliphatic carbocycles. The summed E-state index contributed by atoms with van der Waals surface area (Å²) in [7, 11) is 1.56. The van der Waals surface area contributed by atoms with Gasteiger partial charge in [-0.15, -0.1) is 0 Å². The van der Waals surface area contributed by atoms with E-state index in [0.29, 0.717) is 11.8 Å². The Balaban J connectivity index is 2.05. The Morgan fingerprint density at radius 1 is 1.50 bits per heavy atom. The van der Waals surface area contributed by atoms with Crippen LogP contribution in [0.1, 0.15) is 18.4 Å². The van der Waals surface area contributed by atoms with Crippen molar-refractivity contribution >= 4 is 0 Å². The zero-order valence-corrected chi connectivity index (χ0v) is 8.22. The van der Waals surface area contributed by atoms with Crippen LogP contribution < -0.4 is 10.1 Å². The molecule has 0 heterocycles. The fourth-order valence-electron chi connectivity index (χ4n) is 1.41. The summed E-state index contributed by atoms with van der Waals surface area (Å²) < 4.78 is 17.9. The third-order valence-corrected chi connectivity index (χ3v) is 2.41. The highest BCUT2D eigenvalue weighted by Gasteiger charge is 2.20. The van der Waals surface area contributed by atoms with E-state index in [-0.39, 0.29) is 5.82 Å². The molecule has 3 heteroatoms. The lowest BCUT2D eigenvalue weighted by Gasteiger charge is -2.08. The molecule has 1 aromatic carbocycles. The Kier molecular flexibility index (Phi) is 2.68. The molecule has 1 fully saturated rings. The van der Waals surface area contributed by atoms with E-state index in [2.05, 4.69) is 5.32 Å². The van der Waals surface area contributed by atoms with E-state index in [1.807, 2.05) is 0 Å². The Bertz CT molecular complexity index is 323. The van der Waals surface area contributed by atoms with E-state index in [9.17, 15) is 4.39 Å². The monoisotopic (exact) mass is 195 g/mol. The van der Waals surface area contributed by atoms with Crippen molar-refractivity contribution in [1.29, 1.82) is 0 Å². The van der Waals surface area contributed by atoms with Gasteiger partial charge in [0.25, 0.3) is 0 Å². The second-order valence-electron chi connectivity index (χ2n) is 3.61. The van der Waals surface area contributed by atoms with E-state index in [1.165, 1.54) is 25.0 Å². The smallest absolute Gasteiger partial charge is 0.126 e. The van der Waals surface area contributed by atoms with E-state index in [4.69, 9.17) is 4.74 Å². The van der Waals surface area contributed by atoms with Gasteiger partial charge in [-0.25, -0.2) is 4.39 Å². The SMILES string of the molecule is COc1cc(F)ccc1CNC1CC1. The first-order valence-electron chi connectivity index (χ1n) is 4.85. The van der Waals surface area contributed by atoms with Gasteiger partial charge in [-0.2, -0.15) is 0 Å². The molecule has 0 amide bonds. The van der Waals surface area contributed by atoms with Gasteiger partial charge >= 0.3 is 0 Å². The lowest BCUT2D eigenvalue weighted by molar-refractivity contribution is 0.404. The van der Waals surface area contributed by atoms with Crippen LogP contribution in [0.15, 0.2) is 18.2 Å². The van der Waals surface area contributed by atoms with Crippen molar-refractivity contribution in [3.05, 3.63) is 29.6 Å². The molecule has 0 bridgehead atoms. The topological polar surface area (TPSA) is 21.3 Å². The van der Waals surface area contributed by atoms with Gasteiger partial charge in [-0.05, 0) is 18.9 Å². The lowest BCUT2D eigenvalue weighted by Crippen LogP contribution is -2.15. The van der Waals surface area contributed by atoms with Gasteiger partial charge in [0.2, 0.25) is 0 Å². The van der Waals surface area contributed by atoms with Crippen LogP contribution in [0, 0.1) is 5.82 Å². The summed E-state index contributed by atoms with van der Waals surface area (Å²) in [5.41, 5.74) is 1.01. The average Bonchev–Trinajstić information content (AvgIpc) is 2.99. The van der Waals surface area contributed by atoms with Crippen LogP contribution in [0.4, 0.5) is 4.39 Å². The standard InChI is InChI=1S/C11H14FNO/c1-14-11-6-9(12)3-2-8(11)7-13-10-4-5-10/h2-3,6,10,13H,4-5,7H2,1H3. The van der Waals surface area contributed by atoms with Gasteiger partial charge in [0.15, 0.2) is 0 Å². The average molecular weight is 195 g/mol. The summed E-state index contributed by atoms with van der Waals surface area (Å²) in [5.74, 6) is 0.371. The Morgan fingerprint density at radius 3 is 2.93 bits per heavy atom. The van der Waals surface area contributed by atoms with Crippen molar-refractivity contribution in [1.82, 2.24) is 5.32 Å². The van der Waals surface area contributed by atoms with Gasteiger partial charge in [0.1, 0.15) is 11.6 Å². The highest BCUT2D eigenvalue weighted by Crippen LogP contribution is 2.23. The minimum Gasteiger partial charge on any atom is -0.496 e. The van der Waals surface area contributed by atoms with Gasteiger partial charge in [-0.1, -0.05) is 6.07 Å². The van der Waals surface area contributed by atoms with E-state index >= 15 is 0 Å². The molecule has 0 atom stereocenters. The normalized spacial score (nSPS) is 15.6. The quantitative estimate of drug-likeness (QED) is 0.794. The van der Waals surface area contributed by atoms with E-state index < -0.39 is 0 Å². The van der Waals surface area contributed by atoms with Crippen molar-refractivity contribution in [2.75, 3.05) is 7.11 Å². The molecule has 0 saturated heterocycles. The van der Waals surface area contributed by atoms with Crippen LogP contribution in [0.2, 0.25) is 0 Å². The summed E-state index contributed by atoms with van der Waals surface area (Å²) in [5, 5.41) is 3.36. The summed E-state index contributed by atoms with van der Waals surface area (Å²) in [4.78, 5) is 0. The fourth-order valence-corrected chi connectivity index (χ4v) is 1.41. The second kappa shape index (κ2) is 3.96. The van der Waals surface area contributed by atoms with Crippen LogP contribution in [0.25, 0.3) is 0 Å². The molecule has 0 aliphatic heterocycles. The first kappa shape index (κ1) is 9.46. The Labute approximate surface area is 83.1 Å². The first-order valence-corrected chi connectivity index (χ1v) is 4.85.